The second-order valence-corrected chi connectivity index (χ2v) is 6.53. The number of nitrogens with zero attached hydrogens (tertiary/aromatic N) is 3. The quantitative estimate of drug-likeness (QED) is 0.668. The van der Waals surface area contributed by atoms with E-state index in [-0.39, 0.29) is 5.69 Å². The molecule has 2 fully saturated rings. The van der Waals surface area contributed by atoms with E-state index in [1.807, 2.05) is 0 Å². The Labute approximate surface area is 131 Å². The largest absolute Gasteiger partial charge is 0.367 e. The van der Waals surface area contributed by atoms with Crippen molar-refractivity contribution >= 4 is 11.5 Å². The molecule has 1 saturated heterocycles. The fourth-order valence-electron chi connectivity index (χ4n) is 3.61. The van der Waals surface area contributed by atoms with Gasteiger partial charge >= 0.3 is 0 Å². The van der Waals surface area contributed by atoms with Gasteiger partial charge in [-0.05, 0) is 37.7 Å². The van der Waals surface area contributed by atoms with E-state index in [0.29, 0.717) is 6.04 Å². The molecule has 0 spiro atoms. The minimum atomic E-state index is -0.418. The van der Waals surface area contributed by atoms with Gasteiger partial charge in [0.05, 0.1) is 4.92 Å². The number of rotatable bonds is 5. The molecule has 2 aliphatic rings. The van der Waals surface area contributed by atoms with Gasteiger partial charge in [0.2, 0.25) is 0 Å². The van der Waals surface area contributed by atoms with Crippen LogP contribution in [-0.4, -0.2) is 40.5 Å². The van der Waals surface area contributed by atoms with E-state index in [1.54, 1.807) is 6.07 Å². The molecule has 1 saturated carbocycles. The summed E-state index contributed by atoms with van der Waals surface area (Å²) in [6.07, 6.45) is 9.19. The monoisotopic (exact) mass is 304 g/mol. The van der Waals surface area contributed by atoms with Gasteiger partial charge in [-0.15, -0.1) is 0 Å². The Hall–Kier alpha value is -1.69. The van der Waals surface area contributed by atoms with E-state index in [0.717, 1.165) is 37.7 Å². The van der Waals surface area contributed by atoms with E-state index < -0.39 is 4.92 Å². The lowest BCUT2D eigenvalue weighted by Crippen LogP contribution is -2.41. The van der Waals surface area contributed by atoms with Gasteiger partial charge in [0.25, 0.3) is 5.69 Å². The van der Waals surface area contributed by atoms with Crippen molar-refractivity contribution in [2.75, 3.05) is 25.0 Å². The van der Waals surface area contributed by atoms with Gasteiger partial charge in [-0.25, -0.2) is 4.98 Å². The number of pyridine rings is 1. The van der Waals surface area contributed by atoms with Crippen molar-refractivity contribution in [1.29, 1.82) is 0 Å². The first-order valence-corrected chi connectivity index (χ1v) is 8.30. The summed E-state index contributed by atoms with van der Waals surface area (Å²) in [6, 6.07) is 3.63. The summed E-state index contributed by atoms with van der Waals surface area (Å²) in [5, 5.41) is 14.0. The molecule has 6 nitrogen and oxygen atoms in total. The minimum absolute atomic E-state index is 0.0388. The van der Waals surface area contributed by atoms with Crippen LogP contribution in [0.2, 0.25) is 0 Å². The Bertz CT molecular complexity index is 491. The Kier molecular flexibility index (Phi) is 4.87. The Morgan fingerprint density at radius 2 is 1.95 bits per heavy atom. The maximum atomic E-state index is 10.6. The highest BCUT2D eigenvalue weighted by molar-refractivity contribution is 5.40. The fourth-order valence-corrected chi connectivity index (χ4v) is 3.61. The van der Waals surface area contributed by atoms with Crippen LogP contribution in [0.3, 0.4) is 0 Å². The highest BCUT2D eigenvalue weighted by Gasteiger charge is 2.23. The van der Waals surface area contributed by atoms with E-state index in [1.165, 1.54) is 44.5 Å². The number of hydrogen-bond donors (Lipinski definition) is 1. The van der Waals surface area contributed by atoms with Crippen molar-refractivity contribution in [2.24, 2.45) is 5.92 Å². The van der Waals surface area contributed by atoms with Crippen LogP contribution in [-0.2, 0) is 0 Å². The third kappa shape index (κ3) is 3.94. The van der Waals surface area contributed by atoms with Crippen LogP contribution < -0.4 is 5.32 Å². The lowest BCUT2D eigenvalue weighted by Gasteiger charge is -2.34. The lowest BCUT2D eigenvalue weighted by molar-refractivity contribution is -0.385. The van der Waals surface area contributed by atoms with Crippen LogP contribution >= 0.6 is 0 Å². The lowest BCUT2D eigenvalue weighted by atomic mass is 10.0. The number of likely N-dealkylation sites (tertiary alicyclic amines) is 1. The zero-order valence-electron chi connectivity index (χ0n) is 12.9. The van der Waals surface area contributed by atoms with Crippen LogP contribution in [0, 0.1) is 16.0 Å². The highest BCUT2D eigenvalue weighted by Crippen LogP contribution is 2.27. The molecule has 0 amide bonds. The van der Waals surface area contributed by atoms with Gasteiger partial charge < -0.3 is 10.2 Å². The van der Waals surface area contributed by atoms with Crippen LogP contribution in [0.1, 0.15) is 38.5 Å². The number of nitrogens with one attached hydrogen (secondary N) is 1. The second kappa shape index (κ2) is 7.05. The summed E-state index contributed by atoms with van der Waals surface area (Å²) in [6.45, 7) is 3.55. The Morgan fingerprint density at radius 1 is 1.23 bits per heavy atom. The first-order chi connectivity index (χ1) is 10.7. The number of hydrogen-bond acceptors (Lipinski definition) is 5. The molecule has 0 bridgehead atoms. The number of piperidine rings is 1. The average Bonchev–Trinajstić information content (AvgIpc) is 3.03. The molecule has 0 unspecified atom stereocenters. The molecule has 6 heteroatoms. The van der Waals surface area contributed by atoms with Crippen molar-refractivity contribution in [3.05, 3.63) is 28.4 Å². The third-order valence-corrected chi connectivity index (χ3v) is 4.89. The van der Waals surface area contributed by atoms with Crippen LogP contribution in [0.15, 0.2) is 18.3 Å². The normalized spacial score (nSPS) is 21.1. The van der Waals surface area contributed by atoms with E-state index in [2.05, 4.69) is 15.2 Å². The second-order valence-electron chi connectivity index (χ2n) is 6.53. The number of nitro groups is 1. The first kappa shape index (κ1) is 15.2. The third-order valence-electron chi connectivity index (χ3n) is 4.89. The molecular weight excluding hydrogens is 280 g/mol. The zero-order valence-corrected chi connectivity index (χ0v) is 12.9. The van der Waals surface area contributed by atoms with Crippen molar-refractivity contribution in [1.82, 2.24) is 9.88 Å². The maximum Gasteiger partial charge on any atom is 0.287 e. The summed E-state index contributed by atoms with van der Waals surface area (Å²) in [5.41, 5.74) is 0.0388. The van der Waals surface area contributed by atoms with Gasteiger partial charge in [-0.3, -0.25) is 10.1 Å². The molecule has 1 aromatic heterocycles. The SMILES string of the molecule is O=[N+]([O-])c1ccc(NC2CCN(CC3CCCC3)CC2)nc1. The summed E-state index contributed by atoms with van der Waals surface area (Å²) in [7, 11) is 0. The van der Waals surface area contributed by atoms with Crippen molar-refractivity contribution in [3.63, 3.8) is 0 Å². The standard InChI is InChI=1S/C16H24N4O2/c21-20(22)15-5-6-16(17-11-15)18-14-7-9-19(10-8-14)12-13-3-1-2-4-13/h5-6,11,13-14H,1-4,7-10,12H2,(H,17,18). The molecule has 120 valence electrons. The molecule has 0 radical (unpaired) electrons. The van der Waals surface area contributed by atoms with E-state index in [9.17, 15) is 10.1 Å². The predicted molar refractivity (Wildman–Crippen MR) is 85.9 cm³/mol. The molecule has 22 heavy (non-hydrogen) atoms. The van der Waals surface area contributed by atoms with Crippen LogP contribution in [0.4, 0.5) is 11.5 Å². The fraction of sp³-hybridized carbons (Fsp3) is 0.688. The van der Waals surface area contributed by atoms with Crippen LogP contribution in [0.5, 0.6) is 0 Å². The molecule has 1 aromatic rings. The summed E-state index contributed by atoms with van der Waals surface area (Å²) < 4.78 is 0. The molecule has 2 heterocycles. The van der Waals surface area contributed by atoms with Crippen molar-refractivity contribution in [2.45, 2.75) is 44.6 Å². The average molecular weight is 304 g/mol. The highest BCUT2D eigenvalue weighted by atomic mass is 16.6. The smallest absolute Gasteiger partial charge is 0.287 e. The molecule has 1 aliphatic heterocycles. The molecule has 1 aliphatic carbocycles. The van der Waals surface area contributed by atoms with Gasteiger partial charge in [0, 0.05) is 31.7 Å². The van der Waals surface area contributed by atoms with E-state index in [4.69, 9.17) is 0 Å². The molecule has 1 N–H and O–H groups in total. The zero-order chi connectivity index (χ0) is 15.4. The summed E-state index contributed by atoms with van der Waals surface area (Å²) in [5.74, 6) is 1.65. The first-order valence-electron chi connectivity index (χ1n) is 8.30. The molecule has 3 rings (SSSR count). The Balaban J connectivity index is 1.44. The summed E-state index contributed by atoms with van der Waals surface area (Å²) in [4.78, 5) is 16.9. The summed E-state index contributed by atoms with van der Waals surface area (Å²) >= 11 is 0. The van der Waals surface area contributed by atoms with Crippen molar-refractivity contribution < 1.29 is 4.92 Å². The molecule has 0 atom stereocenters. The number of aromatic nitrogens is 1. The minimum Gasteiger partial charge on any atom is -0.367 e. The van der Waals surface area contributed by atoms with Crippen LogP contribution in [0.25, 0.3) is 0 Å². The van der Waals surface area contributed by atoms with Gasteiger partial charge in [-0.2, -0.15) is 0 Å². The maximum absolute atomic E-state index is 10.6. The Morgan fingerprint density at radius 3 is 2.55 bits per heavy atom. The van der Waals surface area contributed by atoms with Gasteiger partial charge in [0.15, 0.2) is 0 Å². The predicted octanol–water partition coefficient (Wildman–Crippen LogP) is 3.06. The number of anilines is 1. The van der Waals surface area contributed by atoms with Gasteiger partial charge in [0.1, 0.15) is 12.0 Å². The molecular formula is C16H24N4O2. The van der Waals surface area contributed by atoms with E-state index >= 15 is 0 Å². The van der Waals surface area contributed by atoms with Crippen molar-refractivity contribution in [3.8, 4) is 0 Å². The topological polar surface area (TPSA) is 71.3 Å². The van der Waals surface area contributed by atoms with Gasteiger partial charge in [-0.1, -0.05) is 12.8 Å². The molecule has 0 aromatic carbocycles.